The number of pyridine rings is 1. The molecule has 0 fully saturated rings. The maximum atomic E-state index is 5.83. The number of nitrogens with zero attached hydrogens (tertiary/aromatic N) is 3. The molecule has 2 aromatic rings. The zero-order valence-corrected chi connectivity index (χ0v) is 12.7. The van der Waals surface area contributed by atoms with Crippen molar-refractivity contribution in [2.45, 2.75) is 26.3 Å². The van der Waals surface area contributed by atoms with Crippen molar-refractivity contribution in [1.29, 1.82) is 0 Å². The summed E-state index contributed by atoms with van der Waals surface area (Å²) in [6.07, 6.45) is 3.52. The molecule has 0 bridgehead atoms. The molecule has 0 spiro atoms. The van der Waals surface area contributed by atoms with E-state index in [0.29, 0.717) is 23.5 Å². The third kappa shape index (κ3) is 3.14. The van der Waals surface area contributed by atoms with Gasteiger partial charge >= 0.3 is 0 Å². The van der Waals surface area contributed by atoms with Gasteiger partial charge in [0.2, 0.25) is 5.88 Å². The summed E-state index contributed by atoms with van der Waals surface area (Å²) in [7, 11) is 0. The molecule has 0 amide bonds. The lowest BCUT2D eigenvalue weighted by Crippen LogP contribution is -2.26. The molecule has 0 saturated heterocycles. The minimum absolute atomic E-state index is 0.461. The number of ether oxygens (including phenoxy) is 1. The fourth-order valence-electron chi connectivity index (χ4n) is 2.27. The van der Waals surface area contributed by atoms with Crippen LogP contribution in [-0.4, -0.2) is 28.1 Å². The van der Waals surface area contributed by atoms with E-state index in [4.69, 9.17) is 16.3 Å². The third-order valence-corrected chi connectivity index (χ3v) is 3.55. The van der Waals surface area contributed by atoms with Crippen LogP contribution >= 0.6 is 11.6 Å². The Kier molecular flexibility index (Phi) is 4.31. The van der Waals surface area contributed by atoms with Crippen LogP contribution in [0.1, 0.15) is 24.6 Å². The van der Waals surface area contributed by atoms with Gasteiger partial charge in [-0.05, 0) is 18.6 Å². The molecule has 0 radical (unpaired) electrons. The second kappa shape index (κ2) is 6.37. The zero-order chi connectivity index (χ0) is 14.7. The van der Waals surface area contributed by atoms with Gasteiger partial charge in [0.15, 0.2) is 5.82 Å². The van der Waals surface area contributed by atoms with Crippen molar-refractivity contribution in [3.63, 3.8) is 0 Å². The second-order valence-electron chi connectivity index (χ2n) is 4.92. The summed E-state index contributed by atoms with van der Waals surface area (Å²) < 4.78 is 5.80. The van der Waals surface area contributed by atoms with Gasteiger partial charge in [-0.2, -0.15) is 4.98 Å². The van der Waals surface area contributed by atoms with Crippen molar-refractivity contribution in [2.24, 2.45) is 0 Å². The Morgan fingerprint density at radius 3 is 3.00 bits per heavy atom. The lowest BCUT2D eigenvalue weighted by atomic mass is 10.1. The minimum atomic E-state index is 0.461. The van der Waals surface area contributed by atoms with Crippen LogP contribution in [0, 0.1) is 0 Å². The monoisotopic (exact) mass is 304 g/mol. The molecular formula is C15H17ClN4O. The van der Waals surface area contributed by atoms with E-state index in [9.17, 15) is 0 Å². The van der Waals surface area contributed by atoms with E-state index in [1.165, 1.54) is 0 Å². The Balaban J connectivity index is 2.02. The van der Waals surface area contributed by atoms with Crippen LogP contribution in [0.3, 0.4) is 0 Å². The van der Waals surface area contributed by atoms with Crippen LogP contribution in [0.15, 0.2) is 18.3 Å². The summed E-state index contributed by atoms with van der Waals surface area (Å²) in [6.45, 7) is 4.42. The van der Waals surface area contributed by atoms with Crippen LogP contribution in [-0.2, 0) is 13.0 Å². The molecule has 3 rings (SSSR count). The highest BCUT2D eigenvalue weighted by atomic mass is 35.5. The Hall–Kier alpha value is -1.72. The van der Waals surface area contributed by atoms with E-state index in [0.717, 1.165) is 42.8 Å². The highest BCUT2D eigenvalue weighted by Gasteiger charge is 2.19. The number of aromatic nitrogens is 3. The molecule has 0 aliphatic carbocycles. The Morgan fingerprint density at radius 1 is 1.33 bits per heavy atom. The van der Waals surface area contributed by atoms with Crippen LogP contribution in [0.2, 0.25) is 5.15 Å². The minimum Gasteiger partial charge on any atom is -0.477 e. The van der Waals surface area contributed by atoms with E-state index in [-0.39, 0.29) is 0 Å². The second-order valence-corrected chi connectivity index (χ2v) is 5.31. The molecular weight excluding hydrogens is 288 g/mol. The quantitative estimate of drug-likeness (QED) is 0.880. The molecule has 5 nitrogen and oxygen atoms in total. The lowest BCUT2D eigenvalue weighted by molar-refractivity contribution is 0.299. The Morgan fingerprint density at radius 2 is 2.24 bits per heavy atom. The fourth-order valence-corrected chi connectivity index (χ4v) is 2.38. The standard InChI is InChI=1S/C15H17ClN4O/c1-2-7-21-15-11-9-17-6-5-12(11)19-14(20-15)10-3-4-13(16)18-8-10/h3-4,8,17H,2,5-7,9H2,1H3. The van der Waals surface area contributed by atoms with Crippen LogP contribution in [0.4, 0.5) is 0 Å². The maximum Gasteiger partial charge on any atom is 0.221 e. The van der Waals surface area contributed by atoms with E-state index in [1.54, 1.807) is 12.3 Å². The lowest BCUT2D eigenvalue weighted by Gasteiger charge is -2.20. The molecule has 110 valence electrons. The third-order valence-electron chi connectivity index (χ3n) is 3.32. The largest absolute Gasteiger partial charge is 0.477 e. The number of hydrogen-bond acceptors (Lipinski definition) is 5. The first-order valence-corrected chi connectivity index (χ1v) is 7.51. The predicted molar refractivity (Wildman–Crippen MR) is 81.5 cm³/mol. The van der Waals surface area contributed by atoms with Gasteiger partial charge in [-0.25, -0.2) is 9.97 Å². The zero-order valence-electron chi connectivity index (χ0n) is 11.9. The molecule has 3 heterocycles. The molecule has 1 aliphatic rings. The van der Waals surface area contributed by atoms with Crippen molar-refractivity contribution in [3.8, 4) is 17.3 Å². The van der Waals surface area contributed by atoms with Gasteiger partial charge in [-0.15, -0.1) is 0 Å². The molecule has 0 unspecified atom stereocenters. The smallest absolute Gasteiger partial charge is 0.221 e. The number of rotatable bonds is 4. The van der Waals surface area contributed by atoms with Gasteiger partial charge in [0.1, 0.15) is 5.15 Å². The summed E-state index contributed by atoms with van der Waals surface area (Å²) >= 11 is 5.83. The molecule has 0 atom stereocenters. The van der Waals surface area contributed by atoms with E-state index >= 15 is 0 Å². The molecule has 1 N–H and O–H groups in total. The Bertz CT molecular complexity index is 630. The van der Waals surface area contributed by atoms with Crippen molar-refractivity contribution in [3.05, 3.63) is 34.7 Å². The van der Waals surface area contributed by atoms with Gasteiger partial charge in [-0.3, -0.25) is 0 Å². The van der Waals surface area contributed by atoms with Crippen molar-refractivity contribution >= 4 is 11.6 Å². The van der Waals surface area contributed by atoms with Gasteiger partial charge in [-0.1, -0.05) is 18.5 Å². The summed E-state index contributed by atoms with van der Waals surface area (Å²) in [6, 6.07) is 3.62. The van der Waals surface area contributed by atoms with Crippen LogP contribution in [0.25, 0.3) is 11.4 Å². The highest BCUT2D eigenvalue weighted by molar-refractivity contribution is 6.29. The molecule has 1 aliphatic heterocycles. The maximum absolute atomic E-state index is 5.83. The average Bonchev–Trinajstić information content (AvgIpc) is 2.53. The van der Waals surface area contributed by atoms with Crippen LogP contribution in [0.5, 0.6) is 5.88 Å². The van der Waals surface area contributed by atoms with Crippen molar-refractivity contribution < 1.29 is 4.74 Å². The predicted octanol–water partition coefficient (Wildman–Crippen LogP) is 2.63. The molecule has 0 aromatic carbocycles. The van der Waals surface area contributed by atoms with Gasteiger partial charge < -0.3 is 10.1 Å². The molecule has 21 heavy (non-hydrogen) atoms. The van der Waals surface area contributed by atoms with Gasteiger partial charge in [0.05, 0.1) is 12.3 Å². The first-order valence-electron chi connectivity index (χ1n) is 7.13. The first-order chi connectivity index (χ1) is 10.3. The SMILES string of the molecule is CCCOc1nc(-c2ccc(Cl)nc2)nc2c1CNCC2. The van der Waals surface area contributed by atoms with E-state index < -0.39 is 0 Å². The normalized spacial score (nSPS) is 13.8. The molecule has 2 aromatic heterocycles. The van der Waals surface area contributed by atoms with Gasteiger partial charge in [0, 0.05) is 36.8 Å². The summed E-state index contributed by atoms with van der Waals surface area (Å²) in [5.74, 6) is 1.32. The number of hydrogen-bond donors (Lipinski definition) is 1. The fraction of sp³-hybridized carbons (Fsp3) is 0.400. The number of halogens is 1. The van der Waals surface area contributed by atoms with Crippen molar-refractivity contribution in [2.75, 3.05) is 13.2 Å². The molecule has 0 saturated carbocycles. The first kappa shape index (κ1) is 14.2. The number of fused-ring (bicyclic) bond motifs is 1. The number of nitrogens with one attached hydrogen (secondary N) is 1. The Labute approximate surface area is 128 Å². The van der Waals surface area contributed by atoms with Gasteiger partial charge in [0.25, 0.3) is 0 Å². The topological polar surface area (TPSA) is 59.9 Å². The molecule has 6 heteroatoms. The summed E-state index contributed by atoms with van der Waals surface area (Å²) in [5.41, 5.74) is 2.97. The van der Waals surface area contributed by atoms with E-state index in [1.807, 2.05) is 6.07 Å². The van der Waals surface area contributed by atoms with Crippen molar-refractivity contribution in [1.82, 2.24) is 20.3 Å². The average molecular weight is 305 g/mol. The van der Waals surface area contributed by atoms with Crippen LogP contribution < -0.4 is 10.1 Å². The summed E-state index contributed by atoms with van der Waals surface area (Å²) in [4.78, 5) is 13.3. The highest BCUT2D eigenvalue weighted by Crippen LogP contribution is 2.26. The van der Waals surface area contributed by atoms with E-state index in [2.05, 4.69) is 27.2 Å². The summed E-state index contributed by atoms with van der Waals surface area (Å²) in [5, 5.41) is 3.80.